The molecule has 0 fully saturated rings. The molecule has 38 heavy (non-hydrogen) atoms. The summed E-state index contributed by atoms with van der Waals surface area (Å²) in [6.07, 6.45) is 0.717. The molecule has 1 aromatic heterocycles. The molecule has 3 aromatic rings. The van der Waals surface area contributed by atoms with Gasteiger partial charge in [-0.05, 0) is 53.0 Å². The highest BCUT2D eigenvalue weighted by Gasteiger charge is 2.36. The zero-order valence-electron chi connectivity index (χ0n) is 20.7. The zero-order chi connectivity index (χ0) is 27.5. The highest BCUT2D eigenvalue weighted by atomic mass is 32.2. The number of alkyl halides is 3. The van der Waals surface area contributed by atoms with Gasteiger partial charge in [0.2, 0.25) is 5.91 Å². The van der Waals surface area contributed by atoms with E-state index in [2.05, 4.69) is 15.2 Å². The number of anilines is 1. The smallest absolute Gasteiger partial charge is 0.326 e. The fourth-order valence-corrected chi connectivity index (χ4v) is 5.10. The molecule has 0 bridgehead atoms. The van der Waals surface area contributed by atoms with Crippen molar-refractivity contribution in [3.63, 3.8) is 0 Å². The number of allylic oxidation sites excluding steroid dienone is 2. The van der Waals surface area contributed by atoms with Crippen molar-refractivity contribution in [1.82, 2.24) is 9.78 Å². The lowest BCUT2D eigenvalue weighted by molar-refractivity contribution is -0.334. The first-order valence-electron chi connectivity index (χ1n) is 11.8. The number of hydrogen-bond donors (Lipinski definition) is 1. The van der Waals surface area contributed by atoms with Crippen LogP contribution in [0.2, 0.25) is 0 Å². The Morgan fingerprint density at radius 2 is 1.79 bits per heavy atom. The van der Waals surface area contributed by atoms with Gasteiger partial charge in [0.15, 0.2) is 9.84 Å². The van der Waals surface area contributed by atoms with Gasteiger partial charge in [-0.25, -0.2) is 8.42 Å². The number of halogens is 3. The van der Waals surface area contributed by atoms with Crippen LogP contribution in [0.15, 0.2) is 78.0 Å². The monoisotopic (exact) mass is 545 g/mol. The molecule has 1 aliphatic carbocycles. The van der Waals surface area contributed by atoms with Gasteiger partial charge in [-0.2, -0.15) is 5.10 Å². The molecule has 1 unspecified atom stereocenters. The van der Waals surface area contributed by atoms with Crippen LogP contribution in [0.4, 0.5) is 18.9 Å². The molecule has 1 N–H and O–H groups in total. The van der Waals surface area contributed by atoms with Gasteiger partial charge in [0, 0.05) is 24.5 Å². The van der Waals surface area contributed by atoms with Crippen molar-refractivity contribution >= 4 is 32.6 Å². The maximum atomic E-state index is 13.2. The lowest BCUT2D eigenvalue weighted by Crippen LogP contribution is -2.26. The van der Waals surface area contributed by atoms with Crippen LogP contribution < -0.4 is 5.32 Å². The molecular weight excluding hydrogens is 519 g/mol. The Balaban J connectivity index is 1.53. The Hall–Kier alpha value is -3.70. The molecule has 1 heterocycles. The summed E-state index contributed by atoms with van der Waals surface area (Å²) in [6, 6.07) is 12.6. The molecular formula is C27H26F3N3O4S. The second-order valence-electron chi connectivity index (χ2n) is 8.77. The molecule has 0 saturated carbocycles. The molecule has 0 aliphatic heterocycles. The maximum absolute atomic E-state index is 13.2. The van der Waals surface area contributed by atoms with Crippen LogP contribution in [-0.2, 0) is 32.8 Å². The quantitative estimate of drug-likeness (QED) is 0.422. The van der Waals surface area contributed by atoms with Gasteiger partial charge in [-0.3, -0.25) is 14.2 Å². The topological polar surface area (TPSA) is 90.3 Å². The van der Waals surface area contributed by atoms with Crippen LogP contribution in [0.1, 0.15) is 30.0 Å². The van der Waals surface area contributed by atoms with Gasteiger partial charge in [-0.1, -0.05) is 43.3 Å². The van der Waals surface area contributed by atoms with Crippen LogP contribution in [0.25, 0.3) is 11.1 Å². The minimum Gasteiger partial charge on any atom is -0.326 e. The van der Waals surface area contributed by atoms with E-state index in [4.69, 9.17) is 0 Å². The minimum atomic E-state index is -4.81. The van der Waals surface area contributed by atoms with E-state index in [1.54, 1.807) is 79.6 Å². The fraction of sp³-hybridized carbons (Fsp3) is 0.259. The lowest BCUT2D eigenvalue weighted by atomic mass is 9.87. The summed E-state index contributed by atoms with van der Waals surface area (Å²) in [5, 5.41) is 6.89. The van der Waals surface area contributed by atoms with E-state index in [9.17, 15) is 26.4 Å². The van der Waals surface area contributed by atoms with E-state index >= 15 is 0 Å². The minimum absolute atomic E-state index is 0.0111. The van der Waals surface area contributed by atoms with E-state index in [1.807, 2.05) is 0 Å². The Morgan fingerprint density at radius 1 is 1.11 bits per heavy atom. The maximum Gasteiger partial charge on any atom is 0.523 e. The first-order valence-corrected chi connectivity index (χ1v) is 13.5. The summed E-state index contributed by atoms with van der Waals surface area (Å²) in [4.78, 5) is 12.8. The van der Waals surface area contributed by atoms with Gasteiger partial charge in [-0.15, -0.1) is 13.2 Å². The summed E-state index contributed by atoms with van der Waals surface area (Å²) in [7, 11) is -1.60. The predicted molar refractivity (Wildman–Crippen MR) is 138 cm³/mol. The predicted octanol–water partition coefficient (Wildman–Crippen LogP) is 5.17. The number of aromatic nitrogens is 2. The Kier molecular flexibility index (Phi) is 7.89. The van der Waals surface area contributed by atoms with Crippen LogP contribution in [0.3, 0.4) is 0 Å². The summed E-state index contributed by atoms with van der Waals surface area (Å²) >= 11 is 0. The molecule has 1 amide bonds. The van der Waals surface area contributed by atoms with Crippen LogP contribution >= 0.6 is 0 Å². The van der Waals surface area contributed by atoms with Gasteiger partial charge in [0.1, 0.15) is 0 Å². The van der Waals surface area contributed by atoms with Crippen molar-refractivity contribution in [3.05, 3.63) is 89.8 Å². The Labute approximate surface area is 218 Å². The molecule has 4 rings (SSSR count). The molecule has 0 radical (unpaired) electrons. The molecule has 11 heteroatoms. The number of carbonyl (C=O) groups excluding carboxylic acids is 1. The summed E-state index contributed by atoms with van der Waals surface area (Å²) in [6.45, 7) is 1.56. The van der Waals surface area contributed by atoms with Crippen molar-refractivity contribution in [2.45, 2.75) is 37.1 Å². The average molecular weight is 546 g/mol. The van der Waals surface area contributed by atoms with E-state index in [0.717, 1.165) is 0 Å². The summed E-state index contributed by atoms with van der Waals surface area (Å²) in [5.74, 6) is -0.332. The van der Waals surface area contributed by atoms with Gasteiger partial charge >= 0.3 is 6.36 Å². The van der Waals surface area contributed by atoms with Crippen LogP contribution in [-0.4, -0.2) is 42.3 Å². The van der Waals surface area contributed by atoms with E-state index < -0.39 is 22.3 Å². The molecule has 7 nitrogen and oxygen atoms in total. The van der Waals surface area contributed by atoms with Crippen LogP contribution in [0.5, 0.6) is 0 Å². The van der Waals surface area contributed by atoms with E-state index in [-0.39, 0.29) is 29.4 Å². The third-order valence-electron chi connectivity index (χ3n) is 6.05. The second kappa shape index (κ2) is 11.0. The standard InChI is InChI=1S/C27H26F3N3O4S/c1-3-38(35,36)22-13-7-18(8-14-22)15-25(34)32-21-11-9-19(10-12-21)26-23(20-16-31-33(2)17-20)5-4-6-24(26)37-27(28,29)30/h4-5,7-14,16-17,24H,3,6,15H2,1-2H3,(H,32,34). The highest BCUT2D eigenvalue weighted by molar-refractivity contribution is 7.91. The van der Waals surface area contributed by atoms with Gasteiger partial charge in [0.05, 0.1) is 29.4 Å². The van der Waals surface area contributed by atoms with Crippen molar-refractivity contribution in [2.24, 2.45) is 7.05 Å². The first-order chi connectivity index (χ1) is 17.9. The fourth-order valence-electron chi connectivity index (χ4n) is 4.22. The van der Waals surface area contributed by atoms with E-state index in [0.29, 0.717) is 33.5 Å². The molecule has 1 atom stereocenters. The zero-order valence-corrected chi connectivity index (χ0v) is 21.5. The first kappa shape index (κ1) is 27.3. The number of ether oxygens (including phenoxy) is 1. The third kappa shape index (κ3) is 6.59. The highest BCUT2D eigenvalue weighted by Crippen LogP contribution is 2.39. The Morgan fingerprint density at radius 3 is 2.37 bits per heavy atom. The van der Waals surface area contributed by atoms with Crippen molar-refractivity contribution < 1.29 is 31.1 Å². The van der Waals surface area contributed by atoms with Gasteiger partial charge in [0.25, 0.3) is 0 Å². The van der Waals surface area contributed by atoms with Crippen molar-refractivity contribution in [2.75, 3.05) is 11.1 Å². The number of nitrogens with zero attached hydrogens (tertiary/aromatic N) is 2. The van der Waals surface area contributed by atoms with Gasteiger partial charge < -0.3 is 5.32 Å². The van der Waals surface area contributed by atoms with Crippen LogP contribution in [0, 0.1) is 0 Å². The molecule has 1 aliphatic rings. The average Bonchev–Trinajstić information content (AvgIpc) is 3.30. The third-order valence-corrected chi connectivity index (χ3v) is 7.80. The number of benzene rings is 2. The summed E-state index contributed by atoms with van der Waals surface area (Å²) in [5.41, 5.74) is 3.23. The van der Waals surface area contributed by atoms with Crippen molar-refractivity contribution in [1.29, 1.82) is 0 Å². The second-order valence-corrected chi connectivity index (χ2v) is 11.0. The van der Waals surface area contributed by atoms with Crippen molar-refractivity contribution in [3.8, 4) is 0 Å². The molecule has 200 valence electrons. The number of hydrogen-bond acceptors (Lipinski definition) is 5. The Bertz CT molecular complexity index is 1470. The number of amides is 1. The normalized spacial score (nSPS) is 16.1. The SMILES string of the molecule is CCS(=O)(=O)c1ccc(CC(=O)Nc2ccc(C3=C(c4cnn(C)c4)C=CCC3OC(F)(F)F)cc2)cc1. The molecule has 2 aromatic carbocycles. The number of sulfone groups is 1. The summed E-state index contributed by atoms with van der Waals surface area (Å²) < 4.78 is 69.5. The number of aryl methyl sites for hydroxylation is 1. The number of rotatable bonds is 8. The number of nitrogens with one attached hydrogen (secondary N) is 1. The molecule has 0 spiro atoms. The largest absolute Gasteiger partial charge is 0.523 e. The van der Waals surface area contributed by atoms with E-state index in [1.165, 1.54) is 12.1 Å². The molecule has 0 saturated heterocycles. The lowest BCUT2D eigenvalue weighted by Gasteiger charge is -2.26. The number of carbonyl (C=O) groups is 1.